The molecule has 0 saturated carbocycles. The predicted molar refractivity (Wildman–Crippen MR) is 71.3 cm³/mol. The number of carbonyl (C=O) groups excluding carboxylic acids is 3. The molecular weight excluding hydrogens is 262 g/mol. The smallest absolute Gasteiger partial charge is 0.322 e. The van der Waals surface area contributed by atoms with E-state index in [4.69, 9.17) is 4.74 Å². The van der Waals surface area contributed by atoms with Crippen LogP contribution in [0.15, 0.2) is 24.3 Å². The van der Waals surface area contributed by atoms with Crippen molar-refractivity contribution in [3.8, 4) is 5.75 Å². The molecule has 0 bridgehead atoms. The van der Waals surface area contributed by atoms with E-state index in [9.17, 15) is 14.4 Å². The highest BCUT2D eigenvalue weighted by Gasteiger charge is 2.29. The number of anilines is 1. The second kappa shape index (κ2) is 6.05. The molecular formula is C13H15N3O4. The van der Waals surface area contributed by atoms with Crippen LogP contribution in [-0.4, -0.2) is 30.5 Å². The molecule has 0 spiro atoms. The van der Waals surface area contributed by atoms with Gasteiger partial charge in [-0.1, -0.05) is 12.1 Å². The zero-order valence-electron chi connectivity index (χ0n) is 10.9. The number of hydrogen-bond donors (Lipinski definition) is 3. The Labute approximate surface area is 115 Å². The largest absolute Gasteiger partial charge is 0.492 e. The van der Waals surface area contributed by atoms with Gasteiger partial charge in [-0.25, -0.2) is 4.79 Å². The lowest BCUT2D eigenvalue weighted by atomic mass is 10.1. The first kappa shape index (κ1) is 13.9. The summed E-state index contributed by atoms with van der Waals surface area (Å²) in [4.78, 5) is 34.4. The van der Waals surface area contributed by atoms with E-state index in [0.29, 0.717) is 18.0 Å². The van der Waals surface area contributed by atoms with Gasteiger partial charge in [-0.2, -0.15) is 0 Å². The molecule has 1 heterocycles. The van der Waals surface area contributed by atoms with Gasteiger partial charge >= 0.3 is 6.03 Å². The minimum Gasteiger partial charge on any atom is -0.492 e. The lowest BCUT2D eigenvalue weighted by Gasteiger charge is -2.22. The summed E-state index contributed by atoms with van der Waals surface area (Å²) >= 11 is 0. The number of amides is 4. The van der Waals surface area contributed by atoms with Crippen molar-refractivity contribution in [2.24, 2.45) is 0 Å². The van der Waals surface area contributed by atoms with Gasteiger partial charge in [0.15, 0.2) is 0 Å². The highest BCUT2D eigenvalue weighted by atomic mass is 16.5. The van der Waals surface area contributed by atoms with E-state index in [1.807, 2.05) is 6.92 Å². The van der Waals surface area contributed by atoms with E-state index in [2.05, 4.69) is 16.0 Å². The monoisotopic (exact) mass is 277 g/mol. The fourth-order valence-electron chi connectivity index (χ4n) is 1.84. The van der Waals surface area contributed by atoms with Gasteiger partial charge in [0, 0.05) is 0 Å². The molecule has 1 aliphatic rings. The number of rotatable bonds is 4. The molecule has 4 amide bonds. The topological polar surface area (TPSA) is 96.5 Å². The molecule has 0 radical (unpaired) electrons. The quantitative estimate of drug-likeness (QED) is 0.751. The average molecular weight is 277 g/mol. The number of urea groups is 1. The number of imide groups is 1. The molecule has 1 aromatic carbocycles. The van der Waals surface area contributed by atoms with Crippen LogP contribution in [0, 0.1) is 0 Å². The van der Waals surface area contributed by atoms with E-state index >= 15 is 0 Å². The third kappa shape index (κ3) is 3.25. The standard InChI is InChI=1S/C13H15N3O4/c1-2-20-10-6-4-3-5-8(10)14-12(18)9-7-11(17)16-13(19)15-9/h3-6,9H,2,7H2,1H3,(H,14,18)(H2,15,16,17,19). The summed E-state index contributed by atoms with van der Waals surface area (Å²) in [5.74, 6) is -0.401. The molecule has 7 nitrogen and oxygen atoms in total. The molecule has 0 aromatic heterocycles. The molecule has 1 aliphatic heterocycles. The second-order valence-electron chi connectivity index (χ2n) is 4.20. The first-order chi connectivity index (χ1) is 9.60. The number of hydrogen-bond acceptors (Lipinski definition) is 4. The Bertz CT molecular complexity index is 528. The molecule has 20 heavy (non-hydrogen) atoms. The fraction of sp³-hybridized carbons (Fsp3) is 0.308. The van der Waals surface area contributed by atoms with Crippen molar-refractivity contribution >= 4 is 23.5 Å². The Morgan fingerprint density at radius 3 is 2.85 bits per heavy atom. The molecule has 2 rings (SSSR count). The van der Waals surface area contributed by atoms with Crippen LogP contribution >= 0.6 is 0 Å². The van der Waals surface area contributed by atoms with E-state index in [1.54, 1.807) is 24.3 Å². The molecule has 0 aliphatic carbocycles. The zero-order chi connectivity index (χ0) is 14.5. The third-order valence-electron chi connectivity index (χ3n) is 2.71. The maximum Gasteiger partial charge on any atom is 0.322 e. The van der Waals surface area contributed by atoms with Gasteiger partial charge in [-0.15, -0.1) is 0 Å². The summed E-state index contributed by atoms with van der Waals surface area (Å²) in [5, 5.41) is 7.11. The lowest BCUT2D eigenvalue weighted by molar-refractivity contribution is -0.126. The summed E-state index contributed by atoms with van der Waals surface area (Å²) in [6, 6.07) is 5.41. The van der Waals surface area contributed by atoms with Crippen LogP contribution in [-0.2, 0) is 9.59 Å². The van der Waals surface area contributed by atoms with E-state index in [0.717, 1.165) is 0 Å². The number of nitrogens with one attached hydrogen (secondary N) is 3. The number of ether oxygens (including phenoxy) is 1. The highest BCUT2D eigenvalue weighted by Crippen LogP contribution is 2.23. The number of para-hydroxylation sites is 2. The normalized spacial score (nSPS) is 17.9. The van der Waals surface area contributed by atoms with Gasteiger partial charge in [0.05, 0.1) is 18.7 Å². The molecule has 7 heteroatoms. The van der Waals surface area contributed by atoms with Crippen LogP contribution in [0.25, 0.3) is 0 Å². The van der Waals surface area contributed by atoms with Gasteiger partial charge in [0.25, 0.3) is 0 Å². The van der Waals surface area contributed by atoms with Gasteiger partial charge in [-0.3, -0.25) is 14.9 Å². The van der Waals surface area contributed by atoms with Crippen LogP contribution < -0.4 is 20.7 Å². The molecule has 106 valence electrons. The molecule has 1 unspecified atom stereocenters. The van der Waals surface area contributed by atoms with Crippen LogP contribution in [0.5, 0.6) is 5.75 Å². The van der Waals surface area contributed by atoms with Gasteiger partial charge in [0.2, 0.25) is 11.8 Å². The van der Waals surface area contributed by atoms with Crippen molar-refractivity contribution < 1.29 is 19.1 Å². The second-order valence-corrected chi connectivity index (χ2v) is 4.20. The molecule has 1 atom stereocenters. The van der Waals surface area contributed by atoms with Crippen molar-refractivity contribution in [2.45, 2.75) is 19.4 Å². The minimum absolute atomic E-state index is 0.0889. The van der Waals surface area contributed by atoms with Crippen molar-refractivity contribution in [1.29, 1.82) is 0 Å². The highest BCUT2D eigenvalue weighted by molar-refractivity contribution is 6.06. The molecule has 3 N–H and O–H groups in total. The van der Waals surface area contributed by atoms with Crippen molar-refractivity contribution in [3.05, 3.63) is 24.3 Å². The van der Waals surface area contributed by atoms with Crippen molar-refractivity contribution in [2.75, 3.05) is 11.9 Å². The maximum absolute atomic E-state index is 12.1. The van der Waals surface area contributed by atoms with Gasteiger partial charge in [-0.05, 0) is 19.1 Å². The van der Waals surface area contributed by atoms with Gasteiger partial charge < -0.3 is 15.4 Å². The number of benzene rings is 1. The Kier molecular flexibility index (Phi) is 4.19. The predicted octanol–water partition coefficient (Wildman–Crippen LogP) is 0.622. The SMILES string of the molecule is CCOc1ccccc1NC(=O)C1CC(=O)NC(=O)N1. The Morgan fingerprint density at radius 1 is 1.40 bits per heavy atom. The maximum atomic E-state index is 12.1. The van der Waals surface area contributed by atoms with E-state index < -0.39 is 23.9 Å². The van der Waals surface area contributed by atoms with E-state index in [1.165, 1.54) is 0 Å². The molecule has 1 aromatic rings. The summed E-state index contributed by atoms with van der Waals surface area (Å²) in [5.41, 5.74) is 0.500. The number of carbonyl (C=O) groups is 3. The first-order valence-electron chi connectivity index (χ1n) is 6.23. The Hall–Kier alpha value is -2.57. The lowest BCUT2D eigenvalue weighted by Crippen LogP contribution is -2.56. The molecule has 1 saturated heterocycles. The minimum atomic E-state index is -0.883. The zero-order valence-corrected chi connectivity index (χ0v) is 10.9. The summed E-state index contributed by atoms with van der Waals surface area (Å²) in [7, 11) is 0. The van der Waals surface area contributed by atoms with Crippen LogP contribution in [0.2, 0.25) is 0 Å². The summed E-state index contributed by atoms with van der Waals surface area (Å²) < 4.78 is 5.39. The first-order valence-corrected chi connectivity index (χ1v) is 6.23. The summed E-state index contributed by atoms with van der Waals surface area (Å²) in [6.45, 7) is 2.31. The molecule has 1 fully saturated rings. The Balaban J connectivity index is 2.07. The van der Waals surface area contributed by atoms with Gasteiger partial charge in [0.1, 0.15) is 11.8 Å². The van der Waals surface area contributed by atoms with Crippen molar-refractivity contribution in [1.82, 2.24) is 10.6 Å². The third-order valence-corrected chi connectivity index (χ3v) is 2.71. The average Bonchev–Trinajstić information content (AvgIpc) is 2.40. The van der Waals surface area contributed by atoms with Crippen LogP contribution in [0.3, 0.4) is 0 Å². The fourth-order valence-corrected chi connectivity index (χ4v) is 1.84. The summed E-state index contributed by atoms with van der Waals surface area (Å²) in [6.07, 6.45) is -0.0889. The van der Waals surface area contributed by atoms with Crippen molar-refractivity contribution in [3.63, 3.8) is 0 Å². The van der Waals surface area contributed by atoms with Crippen LogP contribution in [0.1, 0.15) is 13.3 Å². The van der Waals surface area contributed by atoms with E-state index in [-0.39, 0.29) is 6.42 Å². The Morgan fingerprint density at radius 2 is 2.15 bits per heavy atom. The van der Waals surface area contributed by atoms with Crippen LogP contribution in [0.4, 0.5) is 10.5 Å².